The van der Waals surface area contributed by atoms with Crippen molar-refractivity contribution in [1.82, 2.24) is 9.47 Å². The summed E-state index contributed by atoms with van der Waals surface area (Å²) >= 11 is 6.26. The number of aryl methyl sites for hydroxylation is 1. The van der Waals surface area contributed by atoms with Gasteiger partial charge in [-0.3, -0.25) is 4.90 Å². The minimum Gasteiger partial charge on any atom is -0.496 e. The fourth-order valence-corrected chi connectivity index (χ4v) is 4.52. The number of rotatable bonds is 6. The van der Waals surface area contributed by atoms with Gasteiger partial charge in [-0.05, 0) is 42.3 Å². The molecule has 2 aromatic carbocycles. The van der Waals surface area contributed by atoms with Crippen molar-refractivity contribution < 1.29 is 14.2 Å². The molecular weight excluding hydrogens is 400 g/mol. The summed E-state index contributed by atoms with van der Waals surface area (Å²) < 4.78 is 19.2. The molecule has 158 valence electrons. The summed E-state index contributed by atoms with van der Waals surface area (Å²) in [7, 11) is 4.99. The first-order valence-electron chi connectivity index (χ1n) is 10.1. The van der Waals surface area contributed by atoms with Crippen molar-refractivity contribution in [2.45, 2.75) is 25.6 Å². The largest absolute Gasteiger partial charge is 0.496 e. The normalized spacial score (nSPS) is 16.6. The average Bonchev–Trinajstić information content (AvgIpc) is 3.14. The summed E-state index contributed by atoms with van der Waals surface area (Å²) in [6.45, 7) is 2.73. The second-order valence-corrected chi connectivity index (χ2v) is 7.87. The van der Waals surface area contributed by atoms with E-state index < -0.39 is 0 Å². The Morgan fingerprint density at radius 3 is 2.40 bits per heavy atom. The number of hydrogen-bond acceptors (Lipinski definition) is 4. The number of benzene rings is 2. The van der Waals surface area contributed by atoms with Crippen LogP contribution in [0.5, 0.6) is 17.2 Å². The summed E-state index contributed by atoms with van der Waals surface area (Å²) in [6, 6.07) is 16.3. The van der Waals surface area contributed by atoms with Crippen LogP contribution in [0.4, 0.5) is 0 Å². The van der Waals surface area contributed by atoms with E-state index >= 15 is 0 Å². The standard InChI is InChI=1S/C24H27ClN2O3/c1-28-21-15-23(30-3)22(29-2)14-19(21)24-20-9-5-10-26(20)11-6-12-27(24)16-17-7-4-8-18(25)13-17/h4-5,7-10,13-15,24H,6,11-12,16H2,1-3H3/t24-/m1/s1. The number of methoxy groups -OCH3 is 3. The first-order chi connectivity index (χ1) is 14.6. The Hall–Kier alpha value is -2.63. The minimum atomic E-state index is 0.0104. The maximum absolute atomic E-state index is 6.26. The highest BCUT2D eigenvalue weighted by Crippen LogP contribution is 2.43. The Morgan fingerprint density at radius 1 is 0.900 bits per heavy atom. The molecule has 0 saturated heterocycles. The van der Waals surface area contributed by atoms with Gasteiger partial charge in [0.05, 0.1) is 27.4 Å². The summed E-state index contributed by atoms with van der Waals surface area (Å²) in [5, 5.41) is 0.756. The molecule has 3 aromatic rings. The van der Waals surface area contributed by atoms with Crippen molar-refractivity contribution in [3.05, 3.63) is 76.6 Å². The van der Waals surface area contributed by atoms with Crippen LogP contribution < -0.4 is 14.2 Å². The quantitative estimate of drug-likeness (QED) is 0.545. The van der Waals surface area contributed by atoms with Crippen molar-refractivity contribution in [2.75, 3.05) is 27.9 Å². The molecule has 5 nitrogen and oxygen atoms in total. The molecule has 0 unspecified atom stereocenters. The molecule has 0 amide bonds. The molecule has 2 heterocycles. The lowest BCUT2D eigenvalue weighted by Gasteiger charge is -2.32. The third kappa shape index (κ3) is 4.00. The van der Waals surface area contributed by atoms with Gasteiger partial charge in [0.25, 0.3) is 0 Å². The SMILES string of the molecule is COc1cc(OC)c([C@@H]2c3cccn3CCCN2Cc2cccc(Cl)c2)cc1OC. The van der Waals surface area contributed by atoms with E-state index in [1.165, 1.54) is 11.3 Å². The van der Waals surface area contributed by atoms with Crippen LogP contribution in [-0.2, 0) is 13.1 Å². The zero-order valence-electron chi connectivity index (χ0n) is 17.6. The van der Waals surface area contributed by atoms with Crippen LogP contribution in [0, 0.1) is 0 Å². The lowest BCUT2D eigenvalue weighted by molar-refractivity contribution is 0.215. The zero-order valence-corrected chi connectivity index (χ0v) is 18.4. The molecule has 0 N–H and O–H groups in total. The lowest BCUT2D eigenvalue weighted by atomic mass is 9.99. The number of fused-ring (bicyclic) bond motifs is 1. The molecule has 1 aliphatic heterocycles. The van der Waals surface area contributed by atoms with Gasteiger partial charge >= 0.3 is 0 Å². The van der Waals surface area contributed by atoms with Crippen LogP contribution in [0.2, 0.25) is 5.02 Å². The van der Waals surface area contributed by atoms with E-state index in [1.807, 2.05) is 30.3 Å². The molecule has 0 radical (unpaired) electrons. The molecule has 0 saturated carbocycles. The highest BCUT2D eigenvalue weighted by Gasteiger charge is 2.31. The lowest BCUT2D eigenvalue weighted by Crippen LogP contribution is -2.30. The summed E-state index contributed by atoms with van der Waals surface area (Å²) in [5.41, 5.74) is 3.48. The number of ether oxygens (including phenoxy) is 3. The van der Waals surface area contributed by atoms with Gasteiger partial charge in [0, 0.05) is 48.2 Å². The number of nitrogens with zero attached hydrogens (tertiary/aromatic N) is 2. The van der Waals surface area contributed by atoms with E-state index in [0.717, 1.165) is 42.4 Å². The second-order valence-electron chi connectivity index (χ2n) is 7.43. The third-order valence-electron chi connectivity index (χ3n) is 5.66. The van der Waals surface area contributed by atoms with Crippen molar-refractivity contribution in [2.24, 2.45) is 0 Å². The molecule has 1 aliphatic rings. The highest BCUT2D eigenvalue weighted by atomic mass is 35.5. The first kappa shape index (κ1) is 20.6. The zero-order chi connectivity index (χ0) is 21.1. The van der Waals surface area contributed by atoms with Gasteiger partial charge in [-0.2, -0.15) is 0 Å². The molecule has 0 spiro atoms. The maximum Gasteiger partial charge on any atom is 0.164 e. The molecule has 0 bridgehead atoms. The van der Waals surface area contributed by atoms with Gasteiger partial charge in [-0.15, -0.1) is 0 Å². The Balaban J connectivity index is 1.84. The van der Waals surface area contributed by atoms with Crippen LogP contribution in [0.25, 0.3) is 0 Å². The topological polar surface area (TPSA) is 35.9 Å². The van der Waals surface area contributed by atoms with E-state index in [1.54, 1.807) is 21.3 Å². The molecule has 30 heavy (non-hydrogen) atoms. The molecule has 1 aromatic heterocycles. The molecule has 0 fully saturated rings. The van der Waals surface area contributed by atoms with Crippen molar-refractivity contribution in [3.8, 4) is 17.2 Å². The van der Waals surface area contributed by atoms with Crippen molar-refractivity contribution in [1.29, 1.82) is 0 Å². The number of hydrogen-bond donors (Lipinski definition) is 0. The van der Waals surface area contributed by atoms with Crippen LogP contribution in [0.3, 0.4) is 0 Å². The monoisotopic (exact) mass is 426 g/mol. The minimum absolute atomic E-state index is 0.0104. The van der Waals surface area contributed by atoms with Crippen molar-refractivity contribution in [3.63, 3.8) is 0 Å². The predicted molar refractivity (Wildman–Crippen MR) is 119 cm³/mol. The molecule has 1 atom stereocenters. The second kappa shape index (κ2) is 9.02. The third-order valence-corrected chi connectivity index (χ3v) is 5.89. The Kier molecular flexibility index (Phi) is 6.21. The Labute approximate surface area is 182 Å². The van der Waals surface area contributed by atoms with Gasteiger partial charge in [-0.25, -0.2) is 0 Å². The average molecular weight is 427 g/mol. The smallest absolute Gasteiger partial charge is 0.164 e. The summed E-state index contributed by atoms with van der Waals surface area (Å²) in [5.74, 6) is 2.13. The van der Waals surface area contributed by atoms with Gasteiger partial charge in [0.2, 0.25) is 0 Å². The fourth-order valence-electron chi connectivity index (χ4n) is 4.30. The number of aromatic nitrogens is 1. The molecule has 0 aliphatic carbocycles. The van der Waals surface area contributed by atoms with Crippen LogP contribution >= 0.6 is 11.6 Å². The van der Waals surface area contributed by atoms with E-state index in [4.69, 9.17) is 25.8 Å². The summed E-state index contributed by atoms with van der Waals surface area (Å²) in [4.78, 5) is 2.48. The van der Waals surface area contributed by atoms with Gasteiger partial charge in [-0.1, -0.05) is 23.7 Å². The first-order valence-corrected chi connectivity index (χ1v) is 10.5. The highest BCUT2D eigenvalue weighted by molar-refractivity contribution is 6.30. The molecule has 6 heteroatoms. The van der Waals surface area contributed by atoms with Gasteiger partial charge in [0.15, 0.2) is 11.5 Å². The van der Waals surface area contributed by atoms with E-state index in [2.05, 4.69) is 33.9 Å². The Morgan fingerprint density at radius 2 is 1.67 bits per heavy atom. The van der Waals surface area contributed by atoms with Gasteiger partial charge in [0.1, 0.15) is 5.75 Å². The molecule has 4 rings (SSSR count). The van der Waals surface area contributed by atoms with E-state index in [9.17, 15) is 0 Å². The van der Waals surface area contributed by atoms with Crippen LogP contribution in [0.1, 0.15) is 29.3 Å². The van der Waals surface area contributed by atoms with E-state index in [-0.39, 0.29) is 6.04 Å². The summed E-state index contributed by atoms with van der Waals surface area (Å²) in [6.07, 6.45) is 3.22. The van der Waals surface area contributed by atoms with Crippen molar-refractivity contribution >= 4 is 11.6 Å². The number of halogens is 1. The van der Waals surface area contributed by atoms with E-state index in [0.29, 0.717) is 11.5 Å². The van der Waals surface area contributed by atoms with Crippen LogP contribution in [0.15, 0.2) is 54.7 Å². The maximum atomic E-state index is 6.26. The predicted octanol–water partition coefficient (Wildman–Crippen LogP) is 5.16. The van der Waals surface area contributed by atoms with Gasteiger partial charge < -0.3 is 18.8 Å². The Bertz CT molecular complexity index is 1020. The molecular formula is C24H27ClN2O3. The van der Waals surface area contributed by atoms with Crippen LogP contribution in [-0.4, -0.2) is 37.3 Å². The fraction of sp³-hybridized carbons (Fsp3) is 0.333.